The van der Waals surface area contributed by atoms with E-state index in [0.717, 1.165) is 0 Å². The third kappa shape index (κ3) is 8.57. The molecule has 0 atom stereocenters. The number of para-hydroxylation sites is 2. The summed E-state index contributed by atoms with van der Waals surface area (Å²) in [4.78, 5) is 52.7. The fraction of sp³-hybridized carbons (Fsp3) is 0.0556. The molecule has 0 aliphatic carbocycles. The Morgan fingerprint density at radius 2 is 0.920 bits per heavy atom. The predicted molar refractivity (Wildman–Crippen MR) is 180 cm³/mol. The lowest BCUT2D eigenvalue weighted by Gasteiger charge is -2.09. The summed E-state index contributed by atoms with van der Waals surface area (Å²) in [5.74, 6) is -2.05. The van der Waals surface area contributed by atoms with Crippen LogP contribution in [0.15, 0.2) is 109 Å². The SMILES string of the molecule is O=C(O)CNC(=O)c1ncc2cc(Oc3ccccc3)ccc2c1O.O=C(O)CNC(=O)c1ncc2cc(Oc3ccccc3)ccc2c1O. The molecular weight excluding hydrogens is 648 g/mol. The van der Waals surface area contributed by atoms with Crippen LogP contribution in [0.4, 0.5) is 0 Å². The molecule has 2 aromatic heterocycles. The monoisotopic (exact) mass is 676 g/mol. The van der Waals surface area contributed by atoms with E-state index in [1.54, 1.807) is 36.4 Å². The zero-order chi connectivity index (χ0) is 35.6. The maximum Gasteiger partial charge on any atom is 0.322 e. The average molecular weight is 677 g/mol. The first-order chi connectivity index (χ1) is 24.1. The fourth-order valence-corrected chi connectivity index (χ4v) is 4.56. The van der Waals surface area contributed by atoms with Crippen molar-refractivity contribution < 1.29 is 49.1 Å². The molecule has 14 heteroatoms. The van der Waals surface area contributed by atoms with Crippen molar-refractivity contribution in [1.82, 2.24) is 20.6 Å². The van der Waals surface area contributed by atoms with Crippen LogP contribution < -0.4 is 20.1 Å². The van der Waals surface area contributed by atoms with Crippen LogP contribution in [0.3, 0.4) is 0 Å². The number of carboxylic acid groups (broad SMARTS) is 2. The first-order valence-electron chi connectivity index (χ1n) is 14.8. The molecule has 0 radical (unpaired) electrons. The van der Waals surface area contributed by atoms with Gasteiger partial charge in [-0.1, -0.05) is 36.4 Å². The number of nitrogens with one attached hydrogen (secondary N) is 2. The highest BCUT2D eigenvalue weighted by Crippen LogP contribution is 2.33. The summed E-state index contributed by atoms with van der Waals surface area (Å²) in [6.45, 7) is -1.11. The van der Waals surface area contributed by atoms with Gasteiger partial charge in [-0.3, -0.25) is 19.2 Å². The standard InChI is InChI=1S/2C18H14N2O5/c2*21-15(22)10-20-18(24)16-17(23)14-7-6-13(8-11(14)9-19-16)25-12-4-2-1-3-5-12/h2*1-9,23H,10H2,(H,20,24)(H,21,22). The van der Waals surface area contributed by atoms with E-state index in [9.17, 15) is 29.4 Å². The second kappa shape index (κ2) is 15.6. The van der Waals surface area contributed by atoms with E-state index in [1.807, 2.05) is 60.7 Å². The molecule has 0 saturated heterocycles. The molecule has 6 aromatic rings. The second-order valence-corrected chi connectivity index (χ2v) is 10.4. The normalized spacial score (nSPS) is 10.4. The largest absolute Gasteiger partial charge is 0.505 e. The number of fused-ring (bicyclic) bond motifs is 2. The van der Waals surface area contributed by atoms with Crippen LogP contribution in [0.1, 0.15) is 21.0 Å². The van der Waals surface area contributed by atoms with Crippen molar-refractivity contribution in [2.45, 2.75) is 0 Å². The number of benzene rings is 4. The third-order valence-corrected chi connectivity index (χ3v) is 6.86. The second-order valence-electron chi connectivity index (χ2n) is 10.4. The molecule has 4 aromatic carbocycles. The number of nitrogens with zero attached hydrogens (tertiary/aromatic N) is 2. The van der Waals surface area contributed by atoms with Gasteiger partial charge in [-0.2, -0.15) is 0 Å². The van der Waals surface area contributed by atoms with Gasteiger partial charge in [0.15, 0.2) is 22.9 Å². The Morgan fingerprint density at radius 3 is 1.28 bits per heavy atom. The van der Waals surface area contributed by atoms with Gasteiger partial charge in [0.2, 0.25) is 0 Å². The summed E-state index contributed by atoms with van der Waals surface area (Å²) in [5.41, 5.74) is -0.462. The van der Waals surface area contributed by atoms with E-state index < -0.39 is 36.8 Å². The zero-order valence-electron chi connectivity index (χ0n) is 25.9. The van der Waals surface area contributed by atoms with E-state index in [-0.39, 0.29) is 22.9 Å². The summed E-state index contributed by atoms with van der Waals surface area (Å²) in [6.07, 6.45) is 2.84. The minimum Gasteiger partial charge on any atom is -0.505 e. The Hall–Kier alpha value is -7.22. The molecule has 0 fully saturated rings. The van der Waals surface area contributed by atoms with Gasteiger partial charge in [-0.25, -0.2) is 9.97 Å². The lowest BCUT2D eigenvalue weighted by molar-refractivity contribution is -0.136. The van der Waals surface area contributed by atoms with Crippen molar-refractivity contribution in [3.63, 3.8) is 0 Å². The quantitative estimate of drug-likeness (QED) is 0.112. The van der Waals surface area contributed by atoms with Gasteiger partial charge >= 0.3 is 11.9 Å². The Bertz CT molecular complexity index is 2040. The first-order valence-corrected chi connectivity index (χ1v) is 14.8. The summed E-state index contributed by atoms with van der Waals surface area (Å²) in [7, 11) is 0. The summed E-state index contributed by atoms with van der Waals surface area (Å²) < 4.78 is 11.4. The molecule has 14 nitrogen and oxygen atoms in total. The van der Waals surface area contributed by atoms with Crippen molar-refractivity contribution in [2.75, 3.05) is 13.1 Å². The number of hydrogen-bond acceptors (Lipinski definition) is 10. The molecule has 0 spiro atoms. The maximum atomic E-state index is 11.9. The summed E-state index contributed by atoms with van der Waals surface area (Å²) in [6, 6.07) is 28.4. The van der Waals surface area contributed by atoms with Crippen LogP contribution in [0, 0.1) is 0 Å². The number of carbonyl (C=O) groups is 4. The number of aliphatic carboxylic acids is 2. The highest BCUT2D eigenvalue weighted by molar-refractivity contribution is 6.03. The van der Waals surface area contributed by atoms with E-state index >= 15 is 0 Å². The number of carbonyl (C=O) groups excluding carboxylic acids is 2. The number of ether oxygens (including phenoxy) is 2. The van der Waals surface area contributed by atoms with E-state index in [4.69, 9.17) is 19.7 Å². The lowest BCUT2D eigenvalue weighted by atomic mass is 10.1. The highest BCUT2D eigenvalue weighted by Gasteiger charge is 2.18. The van der Waals surface area contributed by atoms with Gasteiger partial charge in [-0.05, 0) is 60.7 Å². The topological polar surface area (TPSA) is 218 Å². The molecule has 6 rings (SSSR count). The maximum absolute atomic E-state index is 11.9. The van der Waals surface area contributed by atoms with E-state index in [2.05, 4.69) is 20.6 Å². The summed E-state index contributed by atoms with van der Waals surface area (Å²) >= 11 is 0. The van der Waals surface area contributed by atoms with Gasteiger partial charge in [0.05, 0.1) is 0 Å². The molecule has 2 heterocycles. The Labute approximate surface area is 283 Å². The fourth-order valence-electron chi connectivity index (χ4n) is 4.56. The summed E-state index contributed by atoms with van der Waals surface area (Å²) in [5, 5.41) is 44.0. The van der Waals surface area contributed by atoms with E-state index in [1.165, 1.54) is 12.4 Å². The average Bonchev–Trinajstić information content (AvgIpc) is 3.11. The van der Waals surface area contributed by atoms with E-state index in [0.29, 0.717) is 44.5 Å². The molecule has 0 saturated carbocycles. The number of aromatic hydroxyl groups is 2. The molecular formula is C36H28N4O10. The number of carboxylic acids is 2. The van der Waals surface area contributed by atoms with Crippen LogP contribution >= 0.6 is 0 Å². The van der Waals surface area contributed by atoms with Crippen LogP contribution in [0.5, 0.6) is 34.5 Å². The first kappa shape index (κ1) is 34.1. The van der Waals surface area contributed by atoms with Crippen LogP contribution in [-0.4, -0.2) is 67.2 Å². The molecule has 0 bridgehead atoms. The smallest absolute Gasteiger partial charge is 0.322 e. The number of hydrogen-bond donors (Lipinski definition) is 6. The van der Waals surface area contributed by atoms with Gasteiger partial charge in [0, 0.05) is 33.9 Å². The molecule has 0 unspecified atom stereocenters. The molecule has 2 amide bonds. The Morgan fingerprint density at radius 1 is 0.540 bits per heavy atom. The van der Waals surface area contributed by atoms with Crippen molar-refractivity contribution in [3.8, 4) is 34.5 Å². The number of pyridine rings is 2. The van der Waals surface area contributed by atoms with Crippen molar-refractivity contribution in [3.05, 3.63) is 121 Å². The molecule has 0 aliphatic heterocycles. The minimum absolute atomic E-state index is 0.231. The van der Waals surface area contributed by atoms with Gasteiger partial charge in [0.1, 0.15) is 36.1 Å². The lowest BCUT2D eigenvalue weighted by Crippen LogP contribution is -2.29. The molecule has 252 valence electrons. The molecule has 50 heavy (non-hydrogen) atoms. The predicted octanol–water partition coefficient (Wildman–Crippen LogP) is 5.09. The Balaban J connectivity index is 0.000000194. The van der Waals surface area contributed by atoms with Gasteiger partial charge in [-0.15, -0.1) is 0 Å². The molecule has 6 N–H and O–H groups in total. The number of rotatable bonds is 10. The van der Waals surface area contributed by atoms with Gasteiger partial charge in [0.25, 0.3) is 11.8 Å². The van der Waals surface area contributed by atoms with Crippen LogP contribution in [0.2, 0.25) is 0 Å². The van der Waals surface area contributed by atoms with Crippen molar-refractivity contribution >= 4 is 45.3 Å². The van der Waals surface area contributed by atoms with Gasteiger partial charge < -0.3 is 40.5 Å². The Kier molecular flexibility index (Phi) is 10.6. The van der Waals surface area contributed by atoms with Crippen LogP contribution in [-0.2, 0) is 9.59 Å². The van der Waals surface area contributed by atoms with Crippen LogP contribution in [0.25, 0.3) is 21.5 Å². The highest BCUT2D eigenvalue weighted by atomic mass is 16.5. The number of aromatic nitrogens is 2. The van der Waals surface area contributed by atoms with Crippen molar-refractivity contribution in [2.24, 2.45) is 0 Å². The van der Waals surface area contributed by atoms with Crippen molar-refractivity contribution in [1.29, 1.82) is 0 Å². The molecule has 0 aliphatic rings. The third-order valence-electron chi connectivity index (χ3n) is 6.86. The zero-order valence-corrected chi connectivity index (χ0v) is 25.9. The number of amides is 2. The minimum atomic E-state index is -1.18.